The Kier molecular flexibility index (Phi) is 6.27. The van der Waals surface area contributed by atoms with Gasteiger partial charge in [0.15, 0.2) is 0 Å². The van der Waals surface area contributed by atoms with Gasteiger partial charge in [0.25, 0.3) is 0 Å². The maximum Gasteiger partial charge on any atom is 0.320 e. The average molecular weight is 270 g/mol. The minimum atomic E-state index is -0.661. The van der Waals surface area contributed by atoms with Crippen LogP contribution >= 0.6 is 0 Å². The van der Waals surface area contributed by atoms with Crippen LogP contribution < -0.4 is 5.32 Å². The molecule has 0 bridgehead atoms. The minimum absolute atomic E-state index is 0.137. The standard InChI is InChI=1S/C15H30N2O2/c1-5-7-13(14(18)19)17-9-6-8-12(11-17)10-16-15(2,3)4/h12-13,16H,5-11H2,1-4H3,(H,18,19). The van der Waals surface area contributed by atoms with E-state index in [2.05, 4.69) is 37.9 Å². The lowest BCUT2D eigenvalue weighted by Gasteiger charge is -2.37. The minimum Gasteiger partial charge on any atom is -0.480 e. The van der Waals surface area contributed by atoms with E-state index in [-0.39, 0.29) is 11.6 Å². The maximum absolute atomic E-state index is 11.4. The highest BCUT2D eigenvalue weighted by Gasteiger charge is 2.29. The summed E-state index contributed by atoms with van der Waals surface area (Å²) in [6.45, 7) is 11.4. The van der Waals surface area contributed by atoms with Crippen molar-refractivity contribution in [3.05, 3.63) is 0 Å². The summed E-state index contributed by atoms with van der Waals surface area (Å²) < 4.78 is 0. The Morgan fingerprint density at radius 2 is 2.16 bits per heavy atom. The molecule has 0 spiro atoms. The average Bonchev–Trinajstić information content (AvgIpc) is 2.32. The molecular formula is C15H30N2O2. The van der Waals surface area contributed by atoms with E-state index in [1.807, 2.05) is 0 Å². The summed E-state index contributed by atoms with van der Waals surface area (Å²) in [6.07, 6.45) is 4.01. The lowest BCUT2D eigenvalue weighted by molar-refractivity contribution is -0.144. The number of rotatable bonds is 6. The highest BCUT2D eigenvalue weighted by molar-refractivity contribution is 5.73. The number of carboxylic acid groups (broad SMARTS) is 1. The third kappa shape index (κ3) is 5.91. The highest BCUT2D eigenvalue weighted by atomic mass is 16.4. The Bertz CT molecular complexity index is 286. The molecule has 0 aromatic heterocycles. The lowest BCUT2D eigenvalue weighted by atomic mass is 9.94. The summed E-state index contributed by atoms with van der Waals surface area (Å²) in [7, 11) is 0. The van der Waals surface area contributed by atoms with Gasteiger partial charge in [-0.15, -0.1) is 0 Å². The van der Waals surface area contributed by atoms with Crippen molar-refractivity contribution in [3.8, 4) is 0 Å². The van der Waals surface area contributed by atoms with Crippen LogP contribution in [0, 0.1) is 5.92 Å². The highest BCUT2D eigenvalue weighted by Crippen LogP contribution is 2.20. The van der Waals surface area contributed by atoms with Crippen LogP contribution in [0.4, 0.5) is 0 Å². The molecule has 0 aliphatic carbocycles. The molecule has 1 rings (SSSR count). The SMILES string of the molecule is CCCC(C(=O)O)N1CCCC(CNC(C)(C)C)C1. The van der Waals surface area contributed by atoms with Gasteiger partial charge in [-0.2, -0.15) is 0 Å². The Labute approximate surface area is 117 Å². The molecule has 2 atom stereocenters. The summed E-state index contributed by atoms with van der Waals surface area (Å²) in [5.74, 6) is -0.0852. The molecule has 112 valence electrons. The van der Waals surface area contributed by atoms with Gasteiger partial charge in [0.05, 0.1) is 0 Å². The summed E-state index contributed by atoms with van der Waals surface area (Å²) in [5.41, 5.74) is 0.137. The molecule has 1 fully saturated rings. The Morgan fingerprint density at radius 1 is 1.47 bits per heavy atom. The Morgan fingerprint density at radius 3 is 2.68 bits per heavy atom. The lowest BCUT2D eigenvalue weighted by Crippen LogP contribution is -2.49. The maximum atomic E-state index is 11.4. The number of carboxylic acids is 1. The van der Waals surface area contributed by atoms with Gasteiger partial charge in [-0.05, 0) is 59.0 Å². The van der Waals surface area contributed by atoms with E-state index in [0.717, 1.165) is 38.9 Å². The van der Waals surface area contributed by atoms with Crippen LogP contribution in [-0.2, 0) is 4.79 Å². The van der Waals surface area contributed by atoms with Crippen molar-refractivity contribution in [2.75, 3.05) is 19.6 Å². The Balaban J connectivity index is 2.50. The van der Waals surface area contributed by atoms with Gasteiger partial charge in [-0.3, -0.25) is 9.69 Å². The van der Waals surface area contributed by atoms with Crippen molar-refractivity contribution in [2.45, 2.75) is 65.0 Å². The fraction of sp³-hybridized carbons (Fsp3) is 0.933. The molecule has 2 unspecified atom stereocenters. The fourth-order valence-electron chi connectivity index (χ4n) is 2.73. The van der Waals surface area contributed by atoms with Crippen molar-refractivity contribution < 1.29 is 9.90 Å². The quantitative estimate of drug-likeness (QED) is 0.778. The topological polar surface area (TPSA) is 52.6 Å². The van der Waals surface area contributed by atoms with E-state index >= 15 is 0 Å². The first-order chi connectivity index (χ1) is 8.83. The van der Waals surface area contributed by atoms with Crippen molar-refractivity contribution >= 4 is 5.97 Å². The van der Waals surface area contributed by atoms with E-state index in [0.29, 0.717) is 5.92 Å². The second-order valence-electron chi connectivity index (χ2n) is 6.78. The zero-order valence-electron chi connectivity index (χ0n) is 12.9. The first-order valence-corrected chi connectivity index (χ1v) is 7.55. The number of aliphatic carboxylic acids is 1. The largest absolute Gasteiger partial charge is 0.480 e. The van der Waals surface area contributed by atoms with Gasteiger partial charge in [0.2, 0.25) is 0 Å². The third-order valence-electron chi connectivity index (χ3n) is 3.76. The van der Waals surface area contributed by atoms with E-state index in [9.17, 15) is 9.90 Å². The molecule has 0 radical (unpaired) electrons. The molecule has 0 aromatic carbocycles. The number of likely N-dealkylation sites (tertiary alicyclic amines) is 1. The van der Waals surface area contributed by atoms with Gasteiger partial charge in [-0.25, -0.2) is 0 Å². The molecule has 2 N–H and O–H groups in total. The van der Waals surface area contributed by atoms with E-state index in [1.165, 1.54) is 6.42 Å². The zero-order valence-corrected chi connectivity index (χ0v) is 12.9. The summed E-state index contributed by atoms with van der Waals surface area (Å²) in [5, 5.41) is 12.9. The van der Waals surface area contributed by atoms with Crippen LogP contribution in [0.15, 0.2) is 0 Å². The zero-order chi connectivity index (χ0) is 14.5. The van der Waals surface area contributed by atoms with Gasteiger partial charge in [-0.1, -0.05) is 13.3 Å². The van der Waals surface area contributed by atoms with Crippen molar-refractivity contribution in [2.24, 2.45) is 5.92 Å². The number of carbonyl (C=O) groups is 1. The van der Waals surface area contributed by atoms with Gasteiger partial charge in [0.1, 0.15) is 6.04 Å². The summed E-state index contributed by atoms with van der Waals surface area (Å²) >= 11 is 0. The predicted molar refractivity (Wildman–Crippen MR) is 78.4 cm³/mol. The molecular weight excluding hydrogens is 240 g/mol. The van der Waals surface area contributed by atoms with Crippen molar-refractivity contribution in [1.82, 2.24) is 10.2 Å². The fourth-order valence-corrected chi connectivity index (χ4v) is 2.73. The van der Waals surface area contributed by atoms with Crippen LogP contribution in [0.1, 0.15) is 53.4 Å². The first kappa shape index (κ1) is 16.4. The third-order valence-corrected chi connectivity index (χ3v) is 3.76. The van der Waals surface area contributed by atoms with Crippen molar-refractivity contribution in [1.29, 1.82) is 0 Å². The summed E-state index contributed by atoms with van der Waals surface area (Å²) in [4.78, 5) is 13.5. The Hall–Kier alpha value is -0.610. The first-order valence-electron chi connectivity index (χ1n) is 7.55. The number of hydrogen-bond acceptors (Lipinski definition) is 3. The molecule has 4 nitrogen and oxygen atoms in total. The number of nitrogens with one attached hydrogen (secondary N) is 1. The normalized spacial score (nSPS) is 23.3. The second kappa shape index (κ2) is 7.25. The van der Waals surface area contributed by atoms with Crippen LogP contribution in [0.2, 0.25) is 0 Å². The van der Waals surface area contributed by atoms with Crippen LogP contribution in [0.3, 0.4) is 0 Å². The van der Waals surface area contributed by atoms with Gasteiger partial charge in [0, 0.05) is 12.1 Å². The second-order valence-corrected chi connectivity index (χ2v) is 6.78. The van der Waals surface area contributed by atoms with Crippen LogP contribution in [0.5, 0.6) is 0 Å². The molecule has 19 heavy (non-hydrogen) atoms. The van der Waals surface area contributed by atoms with E-state index < -0.39 is 5.97 Å². The smallest absolute Gasteiger partial charge is 0.320 e. The number of piperidine rings is 1. The van der Waals surface area contributed by atoms with Crippen LogP contribution in [0.25, 0.3) is 0 Å². The molecule has 1 heterocycles. The van der Waals surface area contributed by atoms with Gasteiger partial charge >= 0.3 is 5.97 Å². The van der Waals surface area contributed by atoms with Crippen molar-refractivity contribution in [3.63, 3.8) is 0 Å². The molecule has 0 amide bonds. The molecule has 0 saturated carbocycles. The number of nitrogens with zero attached hydrogens (tertiary/aromatic N) is 1. The van der Waals surface area contributed by atoms with E-state index in [1.54, 1.807) is 0 Å². The monoisotopic (exact) mass is 270 g/mol. The predicted octanol–water partition coefficient (Wildman–Crippen LogP) is 2.34. The van der Waals surface area contributed by atoms with Crippen LogP contribution in [-0.4, -0.2) is 47.2 Å². The molecule has 1 saturated heterocycles. The molecule has 0 aromatic rings. The molecule has 1 aliphatic heterocycles. The van der Waals surface area contributed by atoms with E-state index in [4.69, 9.17) is 0 Å². The number of hydrogen-bond donors (Lipinski definition) is 2. The molecule has 1 aliphatic rings. The summed E-state index contributed by atoms with van der Waals surface area (Å²) in [6, 6.07) is -0.289. The molecule has 4 heteroatoms. The van der Waals surface area contributed by atoms with Gasteiger partial charge < -0.3 is 10.4 Å².